The SMILES string of the molecule is C[NH+](C)CC[NH+](CC[NH+](C)C)CC[NH+](C)C. The molecule has 0 atom stereocenters. The zero-order chi connectivity index (χ0) is 12.6. The van der Waals surface area contributed by atoms with E-state index in [1.54, 1.807) is 19.6 Å². The molecule has 0 saturated heterocycles. The van der Waals surface area contributed by atoms with Crippen LogP contribution in [0.3, 0.4) is 0 Å². The number of hydrogen-bond acceptors (Lipinski definition) is 0. The molecule has 4 N–H and O–H groups in total. The van der Waals surface area contributed by atoms with Gasteiger partial charge in [-0.25, -0.2) is 0 Å². The van der Waals surface area contributed by atoms with Crippen molar-refractivity contribution in [3.8, 4) is 0 Å². The molecule has 98 valence electrons. The van der Waals surface area contributed by atoms with Crippen molar-refractivity contribution in [2.45, 2.75) is 0 Å². The van der Waals surface area contributed by atoms with Crippen LogP contribution in [0, 0.1) is 0 Å². The van der Waals surface area contributed by atoms with Crippen molar-refractivity contribution < 1.29 is 19.6 Å². The summed E-state index contributed by atoms with van der Waals surface area (Å²) in [6.07, 6.45) is 0. The fourth-order valence-electron chi connectivity index (χ4n) is 1.66. The first-order valence-electron chi connectivity index (χ1n) is 6.62. The average molecular weight is 234 g/mol. The van der Waals surface area contributed by atoms with E-state index in [0.29, 0.717) is 0 Å². The summed E-state index contributed by atoms with van der Waals surface area (Å²) in [6.45, 7) is 7.76. The molecular weight excluding hydrogens is 200 g/mol. The fraction of sp³-hybridized carbons (Fsp3) is 1.00. The zero-order valence-corrected chi connectivity index (χ0v) is 12.2. The lowest BCUT2D eigenvalue weighted by Crippen LogP contribution is -3.23. The van der Waals surface area contributed by atoms with E-state index in [1.165, 1.54) is 39.3 Å². The largest absolute Gasteiger partial charge is 0.335 e. The number of likely N-dealkylation sites (N-methyl/N-ethyl adjacent to an activating group) is 3. The third-order valence-electron chi connectivity index (χ3n) is 2.94. The van der Waals surface area contributed by atoms with Crippen molar-refractivity contribution in [2.24, 2.45) is 0 Å². The first kappa shape index (κ1) is 15.8. The maximum atomic E-state index is 2.24. The first-order valence-corrected chi connectivity index (χ1v) is 6.62. The van der Waals surface area contributed by atoms with Gasteiger partial charge in [0.25, 0.3) is 0 Å². The van der Waals surface area contributed by atoms with E-state index in [9.17, 15) is 0 Å². The Hall–Kier alpha value is -0.160. The molecule has 0 aliphatic carbocycles. The molecule has 0 unspecified atom stereocenters. The Kier molecular flexibility index (Phi) is 8.84. The van der Waals surface area contributed by atoms with Crippen LogP contribution in [0.5, 0.6) is 0 Å². The molecule has 4 heteroatoms. The van der Waals surface area contributed by atoms with Crippen LogP contribution in [0.25, 0.3) is 0 Å². The van der Waals surface area contributed by atoms with Crippen LogP contribution in [-0.2, 0) is 0 Å². The van der Waals surface area contributed by atoms with E-state index in [4.69, 9.17) is 0 Å². The second kappa shape index (κ2) is 8.93. The molecule has 0 spiro atoms. The topological polar surface area (TPSA) is 17.8 Å². The van der Waals surface area contributed by atoms with Crippen molar-refractivity contribution in [1.82, 2.24) is 0 Å². The van der Waals surface area contributed by atoms with E-state index in [0.717, 1.165) is 0 Å². The van der Waals surface area contributed by atoms with Gasteiger partial charge < -0.3 is 19.6 Å². The zero-order valence-electron chi connectivity index (χ0n) is 12.2. The Morgan fingerprint density at radius 2 is 0.688 bits per heavy atom. The first-order chi connectivity index (χ1) is 7.41. The van der Waals surface area contributed by atoms with Crippen LogP contribution in [-0.4, -0.2) is 81.6 Å². The van der Waals surface area contributed by atoms with Crippen molar-refractivity contribution >= 4 is 0 Å². The Bertz CT molecular complexity index is 129. The minimum absolute atomic E-state index is 1.28. The molecule has 0 fully saturated rings. The number of nitrogens with one attached hydrogen (secondary N) is 4. The summed E-state index contributed by atoms with van der Waals surface area (Å²) in [5.41, 5.74) is 0. The minimum Gasteiger partial charge on any atom is -0.335 e. The summed E-state index contributed by atoms with van der Waals surface area (Å²) in [7, 11) is 13.5. The molecule has 0 heterocycles. The van der Waals surface area contributed by atoms with E-state index in [-0.39, 0.29) is 0 Å². The van der Waals surface area contributed by atoms with Crippen molar-refractivity contribution in [3.63, 3.8) is 0 Å². The molecule has 16 heavy (non-hydrogen) atoms. The maximum absolute atomic E-state index is 2.24. The van der Waals surface area contributed by atoms with Gasteiger partial charge in [-0.3, -0.25) is 0 Å². The highest BCUT2D eigenvalue weighted by molar-refractivity contribution is 4.30. The van der Waals surface area contributed by atoms with Crippen LogP contribution in [0.2, 0.25) is 0 Å². The lowest BCUT2D eigenvalue weighted by atomic mass is 10.4. The Balaban J connectivity index is 3.85. The average Bonchev–Trinajstić information content (AvgIpc) is 2.15. The molecule has 0 bridgehead atoms. The molecule has 0 aliphatic rings. The van der Waals surface area contributed by atoms with Gasteiger partial charge in [0.15, 0.2) is 0 Å². The van der Waals surface area contributed by atoms with Gasteiger partial charge in [-0.2, -0.15) is 0 Å². The lowest BCUT2D eigenvalue weighted by molar-refractivity contribution is -0.980. The number of hydrogen-bond donors (Lipinski definition) is 4. The summed E-state index contributed by atoms with van der Waals surface area (Å²) in [6, 6.07) is 0. The number of rotatable bonds is 9. The van der Waals surface area contributed by atoms with E-state index >= 15 is 0 Å². The van der Waals surface area contributed by atoms with Crippen LogP contribution in [0.4, 0.5) is 0 Å². The quantitative estimate of drug-likeness (QED) is 0.305. The molecule has 0 aromatic carbocycles. The maximum Gasteiger partial charge on any atom is 0.127 e. The van der Waals surface area contributed by atoms with E-state index < -0.39 is 0 Å². The summed E-state index contributed by atoms with van der Waals surface area (Å²) in [4.78, 5) is 6.45. The van der Waals surface area contributed by atoms with Gasteiger partial charge in [0.1, 0.15) is 39.3 Å². The van der Waals surface area contributed by atoms with Crippen molar-refractivity contribution in [2.75, 3.05) is 81.6 Å². The molecule has 0 aromatic heterocycles. The van der Waals surface area contributed by atoms with Gasteiger partial charge in [0.05, 0.1) is 42.3 Å². The van der Waals surface area contributed by atoms with Gasteiger partial charge >= 0.3 is 0 Å². The third-order valence-corrected chi connectivity index (χ3v) is 2.94. The van der Waals surface area contributed by atoms with Crippen molar-refractivity contribution in [1.29, 1.82) is 0 Å². The smallest absolute Gasteiger partial charge is 0.127 e. The summed E-state index contributed by atoms with van der Waals surface area (Å²) in [5, 5.41) is 0. The van der Waals surface area contributed by atoms with Gasteiger partial charge in [0.2, 0.25) is 0 Å². The lowest BCUT2D eigenvalue weighted by Gasteiger charge is -2.21. The molecule has 0 aliphatic heterocycles. The monoisotopic (exact) mass is 234 g/mol. The van der Waals surface area contributed by atoms with Crippen LogP contribution in [0.15, 0.2) is 0 Å². The highest BCUT2D eigenvalue weighted by Gasteiger charge is 2.13. The number of quaternary nitrogens is 4. The Morgan fingerprint density at radius 1 is 0.438 bits per heavy atom. The second-order valence-electron chi connectivity index (χ2n) is 5.87. The van der Waals surface area contributed by atoms with Gasteiger partial charge in [-0.15, -0.1) is 0 Å². The highest BCUT2D eigenvalue weighted by atomic mass is 15.2. The normalized spacial score (nSPS) is 12.4. The molecule has 0 rings (SSSR count). The van der Waals surface area contributed by atoms with Crippen molar-refractivity contribution in [3.05, 3.63) is 0 Å². The summed E-state index contributed by atoms with van der Waals surface area (Å²) in [5.74, 6) is 0. The standard InChI is InChI=1S/C12H30N4/c1-13(2)7-10-16(11-8-14(3)4)12-9-15(5)6/h7-12H2,1-6H3/p+4. The summed E-state index contributed by atoms with van der Waals surface area (Å²) >= 11 is 0. The van der Waals surface area contributed by atoms with Gasteiger partial charge in [0, 0.05) is 0 Å². The predicted octanol–water partition coefficient (Wildman–Crippen LogP) is -5.70. The molecule has 4 nitrogen and oxygen atoms in total. The predicted molar refractivity (Wildman–Crippen MR) is 68.6 cm³/mol. The van der Waals surface area contributed by atoms with Gasteiger partial charge in [-0.1, -0.05) is 0 Å². The summed E-state index contributed by atoms with van der Waals surface area (Å²) < 4.78 is 0. The highest BCUT2D eigenvalue weighted by Crippen LogP contribution is 1.49. The second-order valence-corrected chi connectivity index (χ2v) is 5.87. The Labute approximate surface area is 102 Å². The fourth-order valence-corrected chi connectivity index (χ4v) is 1.66. The molecule has 0 amide bonds. The van der Waals surface area contributed by atoms with E-state index in [2.05, 4.69) is 42.3 Å². The molecule has 0 saturated carbocycles. The van der Waals surface area contributed by atoms with Crippen LogP contribution >= 0.6 is 0 Å². The molecular formula is C12H34N4+4. The third kappa shape index (κ3) is 10.4. The minimum atomic E-state index is 1.28. The van der Waals surface area contributed by atoms with Crippen LogP contribution < -0.4 is 19.6 Å². The Morgan fingerprint density at radius 3 is 0.875 bits per heavy atom. The molecule has 0 aromatic rings. The van der Waals surface area contributed by atoms with Crippen LogP contribution in [0.1, 0.15) is 0 Å². The van der Waals surface area contributed by atoms with Gasteiger partial charge in [-0.05, 0) is 0 Å². The molecule has 0 radical (unpaired) electrons. The van der Waals surface area contributed by atoms with E-state index in [1.807, 2.05) is 0 Å².